The SMILES string of the molecule is CN(C)S(=O)(=O)CCCN1CCN(C(=O)c2ccccc2C(F)(F)F)CC1. The second kappa shape index (κ2) is 8.57. The lowest BCUT2D eigenvalue weighted by Crippen LogP contribution is -2.49. The number of carbonyl (C=O) groups excluding carboxylic acids is 1. The summed E-state index contributed by atoms with van der Waals surface area (Å²) in [5, 5.41) is 0. The zero-order valence-electron chi connectivity index (χ0n) is 15.4. The van der Waals surface area contributed by atoms with Crippen LogP contribution in [0.2, 0.25) is 0 Å². The Labute approximate surface area is 157 Å². The molecule has 0 spiro atoms. The second-order valence-corrected chi connectivity index (χ2v) is 8.93. The maximum Gasteiger partial charge on any atom is 0.417 e. The minimum Gasteiger partial charge on any atom is -0.336 e. The first-order chi connectivity index (χ1) is 12.5. The average molecular weight is 407 g/mol. The highest BCUT2D eigenvalue weighted by molar-refractivity contribution is 7.89. The van der Waals surface area contributed by atoms with Crippen molar-refractivity contribution in [3.8, 4) is 0 Å². The molecule has 0 bridgehead atoms. The van der Waals surface area contributed by atoms with E-state index in [9.17, 15) is 26.4 Å². The number of amides is 1. The van der Waals surface area contributed by atoms with Crippen LogP contribution in [0.3, 0.4) is 0 Å². The van der Waals surface area contributed by atoms with Gasteiger partial charge in [-0.15, -0.1) is 0 Å². The summed E-state index contributed by atoms with van der Waals surface area (Å²) in [6.07, 6.45) is -4.11. The van der Waals surface area contributed by atoms with Gasteiger partial charge in [0.15, 0.2) is 0 Å². The summed E-state index contributed by atoms with van der Waals surface area (Å²) in [7, 11) is -0.273. The van der Waals surface area contributed by atoms with Crippen LogP contribution in [0.25, 0.3) is 0 Å². The van der Waals surface area contributed by atoms with Gasteiger partial charge in [0.2, 0.25) is 10.0 Å². The molecule has 27 heavy (non-hydrogen) atoms. The van der Waals surface area contributed by atoms with E-state index in [1.165, 1.54) is 41.5 Å². The van der Waals surface area contributed by atoms with Gasteiger partial charge in [0.1, 0.15) is 0 Å². The summed E-state index contributed by atoms with van der Waals surface area (Å²) in [6, 6.07) is 4.79. The molecule has 0 saturated carbocycles. The van der Waals surface area contributed by atoms with E-state index in [0.717, 1.165) is 6.07 Å². The van der Waals surface area contributed by atoms with Gasteiger partial charge in [0, 0.05) is 40.3 Å². The van der Waals surface area contributed by atoms with Crippen molar-refractivity contribution in [2.24, 2.45) is 0 Å². The van der Waals surface area contributed by atoms with Gasteiger partial charge in [-0.3, -0.25) is 9.69 Å². The van der Waals surface area contributed by atoms with E-state index in [2.05, 4.69) is 0 Å². The minimum absolute atomic E-state index is 0.0398. The van der Waals surface area contributed by atoms with Crippen molar-refractivity contribution in [3.05, 3.63) is 35.4 Å². The van der Waals surface area contributed by atoms with Gasteiger partial charge >= 0.3 is 6.18 Å². The fourth-order valence-corrected chi connectivity index (χ4v) is 3.77. The van der Waals surface area contributed by atoms with E-state index in [-0.39, 0.29) is 11.3 Å². The molecule has 0 aromatic heterocycles. The molecule has 0 N–H and O–H groups in total. The van der Waals surface area contributed by atoms with Crippen LogP contribution in [0, 0.1) is 0 Å². The topological polar surface area (TPSA) is 60.9 Å². The number of halogens is 3. The summed E-state index contributed by atoms with van der Waals surface area (Å²) < 4.78 is 64.0. The van der Waals surface area contributed by atoms with Crippen molar-refractivity contribution in [1.82, 2.24) is 14.1 Å². The molecule has 1 aromatic carbocycles. The fraction of sp³-hybridized carbons (Fsp3) is 0.588. The number of hydrogen-bond acceptors (Lipinski definition) is 4. The molecule has 1 aliphatic heterocycles. The molecular weight excluding hydrogens is 383 g/mol. The monoisotopic (exact) mass is 407 g/mol. The van der Waals surface area contributed by atoms with Crippen LogP contribution < -0.4 is 0 Å². The fourth-order valence-electron chi connectivity index (χ4n) is 2.91. The van der Waals surface area contributed by atoms with Crippen LogP contribution >= 0.6 is 0 Å². The van der Waals surface area contributed by atoms with E-state index in [4.69, 9.17) is 0 Å². The molecule has 0 atom stereocenters. The van der Waals surface area contributed by atoms with Crippen molar-refractivity contribution in [1.29, 1.82) is 0 Å². The third-order valence-electron chi connectivity index (χ3n) is 4.56. The highest BCUT2D eigenvalue weighted by atomic mass is 32.2. The summed E-state index contributed by atoms with van der Waals surface area (Å²) in [5.41, 5.74) is -1.26. The number of carbonyl (C=O) groups is 1. The summed E-state index contributed by atoms with van der Waals surface area (Å²) in [5.74, 6) is -0.587. The van der Waals surface area contributed by atoms with E-state index in [0.29, 0.717) is 39.1 Å². The van der Waals surface area contributed by atoms with Gasteiger partial charge in [-0.2, -0.15) is 13.2 Å². The summed E-state index contributed by atoms with van der Waals surface area (Å²) in [6.45, 7) is 2.19. The van der Waals surface area contributed by atoms with Crippen molar-refractivity contribution in [2.75, 3.05) is 52.6 Å². The molecule has 1 heterocycles. The Kier molecular flexibility index (Phi) is 6.87. The highest BCUT2D eigenvalue weighted by Gasteiger charge is 2.36. The van der Waals surface area contributed by atoms with Crippen molar-refractivity contribution in [3.63, 3.8) is 0 Å². The van der Waals surface area contributed by atoms with Crippen LogP contribution in [-0.2, 0) is 16.2 Å². The van der Waals surface area contributed by atoms with Gasteiger partial charge in [-0.1, -0.05) is 12.1 Å². The molecule has 0 aliphatic carbocycles. The molecule has 152 valence electrons. The third-order valence-corrected chi connectivity index (χ3v) is 6.47. The number of piperazine rings is 1. The first-order valence-corrected chi connectivity index (χ1v) is 10.2. The van der Waals surface area contributed by atoms with Crippen LogP contribution in [0.15, 0.2) is 24.3 Å². The standard InChI is InChI=1S/C17H24F3N3O3S/c1-21(2)27(25,26)13-5-8-22-9-11-23(12-10-22)16(24)14-6-3-4-7-15(14)17(18,19)20/h3-4,6-7H,5,8-13H2,1-2H3. The lowest BCUT2D eigenvalue weighted by atomic mass is 10.1. The quantitative estimate of drug-likeness (QED) is 0.721. The molecule has 10 heteroatoms. The molecule has 1 aromatic rings. The molecule has 1 aliphatic rings. The summed E-state index contributed by atoms with van der Waals surface area (Å²) in [4.78, 5) is 15.9. The number of nitrogens with zero attached hydrogens (tertiary/aromatic N) is 3. The molecule has 1 saturated heterocycles. The normalized spacial score (nSPS) is 16.7. The lowest BCUT2D eigenvalue weighted by Gasteiger charge is -2.35. The largest absolute Gasteiger partial charge is 0.417 e. The minimum atomic E-state index is -4.58. The molecule has 0 unspecified atom stereocenters. The van der Waals surface area contributed by atoms with Crippen LogP contribution in [0.4, 0.5) is 13.2 Å². The maximum atomic E-state index is 13.1. The van der Waals surface area contributed by atoms with E-state index in [1.54, 1.807) is 0 Å². The zero-order chi connectivity index (χ0) is 20.2. The molecule has 2 rings (SSSR count). The Hall–Kier alpha value is -1.65. The van der Waals surface area contributed by atoms with E-state index >= 15 is 0 Å². The number of benzene rings is 1. The van der Waals surface area contributed by atoms with Crippen molar-refractivity contribution < 1.29 is 26.4 Å². The first-order valence-electron chi connectivity index (χ1n) is 8.60. The second-order valence-electron chi connectivity index (χ2n) is 6.63. The van der Waals surface area contributed by atoms with Gasteiger partial charge in [-0.25, -0.2) is 12.7 Å². The van der Waals surface area contributed by atoms with Gasteiger partial charge in [0.05, 0.1) is 16.9 Å². The number of alkyl halides is 3. The predicted octanol–water partition coefficient (Wildman–Crippen LogP) is 1.74. The highest BCUT2D eigenvalue weighted by Crippen LogP contribution is 2.32. The molecule has 1 amide bonds. The van der Waals surface area contributed by atoms with Crippen molar-refractivity contribution >= 4 is 15.9 Å². The van der Waals surface area contributed by atoms with Crippen LogP contribution in [0.5, 0.6) is 0 Å². The van der Waals surface area contributed by atoms with Crippen LogP contribution in [-0.4, -0.2) is 81.0 Å². The van der Waals surface area contributed by atoms with Crippen LogP contribution in [0.1, 0.15) is 22.3 Å². The Morgan fingerprint density at radius 3 is 2.26 bits per heavy atom. The number of rotatable bonds is 6. The van der Waals surface area contributed by atoms with E-state index in [1.807, 2.05) is 4.90 Å². The molecule has 1 fully saturated rings. The Morgan fingerprint density at radius 1 is 1.11 bits per heavy atom. The molecule has 0 radical (unpaired) electrons. The molecular formula is C17H24F3N3O3S. The predicted molar refractivity (Wildman–Crippen MR) is 95.9 cm³/mol. The smallest absolute Gasteiger partial charge is 0.336 e. The summed E-state index contributed by atoms with van der Waals surface area (Å²) >= 11 is 0. The van der Waals surface area contributed by atoms with Crippen molar-refractivity contribution in [2.45, 2.75) is 12.6 Å². The third kappa shape index (κ3) is 5.66. The van der Waals surface area contributed by atoms with Gasteiger partial charge in [-0.05, 0) is 25.1 Å². The Morgan fingerprint density at radius 2 is 1.70 bits per heavy atom. The zero-order valence-corrected chi connectivity index (χ0v) is 16.2. The number of hydrogen-bond donors (Lipinski definition) is 0. The maximum absolute atomic E-state index is 13.1. The lowest BCUT2D eigenvalue weighted by molar-refractivity contribution is -0.138. The number of sulfonamides is 1. The molecule has 6 nitrogen and oxygen atoms in total. The first kappa shape index (κ1) is 21.6. The Balaban J connectivity index is 1.90. The van der Waals surface area contributed by atoms with Gasteiger partial charge < -0.3 is 4.90 Å². The Bertz CT molecular complexity index is 758. The van der Waals surface area contributed by atoms with E-state index < -0.39 is 27.7 Å². The van der Waals surface area contributed by atoms with Gasteiger partial charge in [0.25, 0.3) is 5.91 Å². The average Bonchev–Trinajstić information content (AvgIpc) is 2.61.